The zero-order valence-corrected chi connectivity index (χ0v) is 15.6. The van der Waals surface area contributed by atoms with E-state index < -0.39 is 0 Å². The van der Waals surface area contributed by atoms with Crippen molar-refractivity contribution in [2.24, 2.45) is 0 Å². The molecule has 0 spiro atoms. The van der Waals surface area contributed by atoms with Gasteiger partial charge < -0.3 is 14.6 Å². The Bertz CT molecular complexity index is 1070. The number of hydrogen-bond acceptors (Lipinski definition) is 4. The summed E-state index contributed by atoms with van der Waals surface area (Å²) < 4.78 is 6.61. The molecule has 0 aliphatic rings. The Kier molecular flexibility index (Phi) is 5.69. The molecule has 0 saturated heterocycles. The molecule has 1 heterocycles. The van der Waals surface area contributed by atoms with Crippen LogP contribution in [0.15, 0.2) is 71.7 Å². The number of ether oxygens (including phenoxy) is 1. The van der Waals surface area contributed by atoms with E-state index in [-0.39, 0.29) is 17.2 Å². The number of carbonyl (C=O) groups excluding carboxylic acids is 2. The fourth-order valence-corrected chi connectivity index (χ4v) is 2.74. The van der Waals surface area contributed by atoms with Crippen molar-refractivity contribution in [2.45, 2.75) is 13.5 Å². The highest BCUT2D eigenvalue weighted by Gasteiger charge is 2.10. The van der Waals surface area contributed by atoms with Gasteiger partial charge in [0.2, 0.25) is 0 Å². The summed E-state index contributed by atoms with van der Waals surface area (Å²) in [6.07, 6.45) is 1.52. The van der Waals surface area contributed by atoms with Gasteiger partial charge >= 0.3 is 0 Å². The number of amides is 1. The Morgan fingerprint density at radius 1 is 1.00 bits per heavy atom. The summed E-state index contributed by atoms with van der Waals surface area (Å²) in [5, 5.41) is 2.76. The van der Waals surface area contributed by atoms with Crippen LogP contribution in [0.2, 0.25) is 0 Å². The maximum absolute atomic E-state index is 12.6. The lowest BCUT2D eigenvalue weighted by atomic mass is 10.1. The van der Waals surface area contributed by atoms with E-state index in [1.807, 2.05) is 24.3 Å². The number of methoxy groups -OCH3 is 1. The summed E-state index contributed by atoms with van der Waals surface area (Å²) in [6.45, 7) is 1.81. The second-order valence-corrected chi connectivity index (χ2v) is 6.32. The first-order valence-electron chi connectivity index (χ1n) is 8.72. The van der Waals surface area contributed by atoms with Crippen LogP contribution in [0.25, 0.3) is 0 Å². The Morgan fingerprint density at radius 2 is 1.75 bits per heavy atom. The second kappa shape index (κ2) is 8.35. The summed E-state index contributed by atoms with van der Waals surface area (Å²) in [7, 11) is 1.59. The SMILES string of the molecule is COc1ccc(Cn2cc(C(=O)Nc3cccc(C(C)=O)c3)ccc2=O)cc1. The van der Waals surface area contributed by atoms with E-state index in [9.17, 15) is 14.4 Å². The molecule has 6 heteroatoms. The second-order valence-electron chi connectivity index (χ2n) is 6.32. The minimum Gasteiger partial charge on any atom is -0.497 e. The monoisotopic (exact) mass is 376 g/mol. The largest absolute Gasteiger partial charge is 0.497 e. The summed E-state index contributed by atoms with van der Waals surface area (Å²) in [5.74, 6) is 0.297. The number of aromatic nitrogens is 1. The lowest BCUT2D eigenvalue weighted by Crippen LogP contribution is -2.22. The van der Waals surface area contributed by atoms with Gasteiger partial charge in [0.1, 0.15) is 5.75 Å². The number of carbonyl (C=O) groups is 2. The molecule has 3 rings (SSSR count). The molecule has 0 unspecified atom stereocenters. The molecule has 28 heavy (non-hydrogen) atoms. The number of hydrogen-bond donors (Lipinski definition) is 1. The predicted octanol–water partition coefficient (Wildman–Crippen LogP) is 3.36. The zero-order chi connectivity index (χ0) is 20.1. The predicted molar refractivity (Wildman–Crippen MR) is 107 cm³/mol. The van der Waals surface area contributed by atoms with E-state index in [1.54, 1.807) is 31.4 Å². The molecular formula is C22H20N2O4. The summed E-state index contributed by atoms with van der Waals surface area (Å²) in [5.41, 5.74) is 2.09. The summed E-state index contributed by atoms with van der Waals surface area (Å²) in [6, 6.07) is 16.9. The third-order valence-corrected chi connectivity index (χ3v) is 4.28. The van der Waals surface area contributed by atoms with Gasteiger partial charge in [-0.3, -0.25) is 14.4 Å². The number of rotatable bonds is 6. The number of pyridine rings is 1. The number of benzene rings is 2. The Hall–Kier alpha value is -3.67. The fourth-order valence-electron chi connectivity index (χ4n) is 2.74. The smallest absolute Gasteiger partial charge is 0.257 e. The number of nitrogens with one attached hydrogen (secondary N) is 1. The van der Waals surface area contributed by atoms with E-state index in [0.717, 1.165) is 11.3 Å². The molecule has 0 aliphatic carbocycles. The first-order valence-corrected chi connectivity index (χ1v) is 8.72. The summed E-state index contributed by atoms with van der Waals surface area (Å²) in [4.78, 5) is 36.2. The van der Waals surface area contributed by atoms with E-state index in [4.69, 9.17) is 4.74 Å². The van der Waals surface area contributed by atoms with Crippen LogP contribution in [0.3, 0.4) is 0 Å². The van der Waals surface area contributed by atoms with E-state index in [1.165, 1.54) is 29.8 Å². The van der Waals surface area contributed by atoms with Gasteiger partial charge in [0.25, 0.3) is 11.5 Å². The molecule has 0 aliphatic heterocycles. The molecule has 1 N–H and O–H groups in total. The van der Waals surface area contributed by atoms with Crippen LogP contribution in [0.5, 0.6) is 5.75 Å². The van der Waals surface area contributed by atoms with Crippen LogP contribution in [0, 0.1) is 0 Å². The van der Waals surface area contributed by atoms with Crippen molar-refractivity contribution in [3.63, 3.8) is 0 Å². The van der Waals surface area contributed by atoms with Gasteiger partial charge in [-0.15, -0.1) is 0 Å². The van der Waals surface area contributed by atoms with Gasteiger partial charge in [-0.05, 0) is 42.8 Å². The minimum absolute atomic E-state index is 0.0795. The van der Waals surface area contributed by atoms with Crippen LogP contribution in [0.1, 0.15) is 33.2 Å². The highest BCUT2D eigenvalue weighted by Crippen LogP contribution is 2.14. The molecule has 0 fully saturated rings. The number of nitrogens with zero attached hydrogens (tertiary/aromatic N) is 1. The minimum atomic E-state index is -0.357. The zero-order valence-electron chi connectivity index (χ0n) is 15.6. The number of ketones is 1. The Balaban J connectivity index is 1.79. The average Bonchev–Trinajstić information content (AvgIpc) is 2.70. The van der Waals surface area contributed by atoms with E-state index >= 15 is 0 Å². The first kappa shape index (κ1) is 19.1. The van der Waals surface area contributed by atoms with Gasteiger partial charge in [0.15, 0.2) is 5.78 Å². The molecule has 0 saturated carbocycles. The molecule has 2 aromatic carbocycles. The molecule has 1 amide bonds. The number of Topliss-reactive ketones (excluding diaryl/α,β-unsaturated/α-hetero) is 1. The fraction of sp³-hybridized carbons (Fsp3) is 0.136. The molecule has 1 aromatic heterocycles. The maximum Gasteiger partial charge on any atom is 0.257 e. The lowest BCUT2D eigenvalue weighted by molar-refractivity contribution is 0.101. The van der Waals surface area contributed by atoms with Crippen LogP contribution in [-0.4, -0.2) is 23.4 Å². The van der Waals surface area contributed by atoms with Crippen LogP contribution in [0.4, 0.5) is 5.69 Å². The van der Waals surface area contributed by atoms with E-state index in [0.29, 0.717) is 23.4 Å². The molecule has 0 radical (unpaired) electrons. The summed E-state index contributed by atoms with van der Waals surface area (Å²) >= 11 is 0. The van der Waals surface area contributed by atoms with Gasteiger partial charge in [0.05, 0.1) is 19.2 Å². The van der Waals surface area contributed by atoms with Crippen molar-refractivity contribution < 1.29 is 14.3 Å². The molecule has 6 nitrogen and oxygen atoms in total. The molecular weight excluding hydrogens is 356 g/mol. The normalized spacial score (nSPS) is 10.4. The van der Waals surface area contributed by atoms with Crippen LogP contribution < -0.4 is 15.6 Å². The van der Waals surface area contributed by atoms with Crippen LogP contribution >= 0.6 is 0 Å². The first-order chi connectivity index (χ1) is 13.5. The highest BCUT2D eigenvalue weighted by atomic mass is 16.5. The molecule has 142 valence electrons. The quantitative estimate of drug-likeness (QED) is 0.669. The van der Waals surface area contributed by atoms with Crippen molar-refractivity contribution >= 4 is 17.4 Å². The standard InChI is InChI=1S/C22H20N2O4/c1-15(25)17-4-3-5-19(12-17)23-22(27)18-8-11-21(26)24(14-18)13-16-6-9-20(28-2)10-7-16/h3-12,14H,13H2,1-2H3,(H,23,27). The molecule has 0 bridgehead atoms. The third-order valence-electron chi connectivity index (χ3n) is 4.28. The van der Waals surface area contributed by atoms with E-state index in [2.05, 4.69) is 5.32 Å². The number of anilines is 1. The van der Waals surface area contributed by atoms with Gasteiger partial charge in [-0.2, -0.15) is 0 Å². The molecule has 0 atom stereocenters. The Morgan fingerprint density at radius 3 is 2.43 bits per heavy atom. The van der Waals surface area contributed by atoms with Crippen molar-refractivity contribution in [1.29, 1.82) is 0 Å². The van der Waals surface area contributed by atoms with Crippen molar-refractivity contribution in [1.82, 2.24) is 4.57 Å². The average molecular weight is 376 g/mol. The van der Waals surface area contributed by atoms with Crippen molar-refractivity contribution in [3.05, 3.63) is 93.9 Å². The molecule has 3 aromatic rings. The van der Waals surface area contributed by atoms with Gasteiger partial charge in [0, 0.05) is 23.5 Å². The topological polar surface area (TPSA) is 77.4 Å². The van der Waals surface area contributed by atoms with Crippen molar-refractivity contribution in [2.75, 3.05) is 12.4 Å². The Labute approximate surface area is 162 Å². The van der Waals surface area contributed by atoms with Gasteiger partial charge in [-0.1, -0.05) is 24.3 Å². The highest BCUT2D eigenvalue weighted by molar-refractivity contribution is 6.04. The van der Waals surface area contributed by atoms with Gasteiger partial charge in [-0.25, -0.2) is 0 Å². The van der Waals surface area contributed by atoms with Crippen molar-refractivity contribution in [3.8, 4) is 5.75 Å². The third kappa shape index (κ3) is 4.54. The lowest BCUT2D eigenvalue weighted by Gasteiger charge is -2.10. The van der Waals surface area contributed by atoms with Crippen LogP contribution in [-0.2, 0) is 6.54 Å². The maximum atomic E-state index is 12.6.